The smallest absolute Gasteiger partial charge is 0.223 e. The average molecular weight is 270 g/mol. The molecule has 2 unspecified atom stereocenters. The van der Waals surface area contributed by atoms with Crippen molar-refractivity contribution in [3.8, 4) is 0 Å². The van der Waals surface area contributed by atoms with Crippen LogP contribution >= 0.6 is 0 Å². The molecule has 0 aromatic heterocycles. The van der Waals surface area contributed by atoms with Crippen molar-refractivity contribution in [3.05, 3.63) is 0 Å². The van der Waals surface area contributed by atoms with Crippen LogP contribution in [0.2, 0.25) is 0 Å². The molecule has 1 saturated carbocycles. The van der Waals surface area contributed by atoms with E-state index in [9.17, 15) is 4.79 Å². The van der Waals surface area contributed by atoms with Crippen LogP contribution in [-0.2, 0) is 9.53 Å². The minimum Gasteiger partial charge on any atom is -0.377 e. The predicted octanol–water partition coefficient (Wildman–Crippen LogP) is 1.89. The van der Waals surface area contributed by atoms with Gasteiger partial charge in [0.2, 0.25) is 5.91 Å². The fourth-order valence-electron chi connectivity index (χ4n) is 2.40. The molecular formula is C15H30N2O2. The molecule has 2 atom stereocenters. The first kappa shape index (κ1) is 16.4. The molecule has 4 heteroatoms. The summed E-state index contributed by atoms with van der Waals surface area (Å²) >= 11 is 0. The highest BCUT2D eigenvalue weighted by Gasteiger charge is 2.48. The molecular weight excluding hydrogens is 240 g/mol. The Kier molecular flexibility index (Phi) is 5.81. The molecule has 0 aromatic rings. The van der Waals surface area contributed by atoms with E-state index in [-0.39, 0.29) is 11.3 Å². The van der Waals surface area contributed by atoms with E-state index in [0.717, 1.165) is 19.6 Å². The molecule has 0 heterocycles. The summed E-state index contributed by atoms with van der Waals surface area (Å²) in [6, 6.07) is 0.458. The Morgan fingerprint density at radius 1 is 1.42 bits per heavy atom. The van der Waals surface area contributed by atoms with Gasteiger partial charge in [-0.3, -0.25) is 4.79 Å². The van der Waals surface area contributed by atoms with Crippen LogP contribution in [0.3, 0.4) is 0 Å². The maximum atomic E-state index is 11.5. The van der Waals surface area contributed by atoms with Crippen molar-refractivity contribution >= 4 is 5.91 Å². The van der Waals surface area contributed by atoms with Gasteiger partial charge in [0.1, 0.15) is 0 Å². The number of hydrogen-bond acceptors (Lipinski definition) is 3. The van der Waals surface area contributed by atoms with Crippen molar-refractivity contribution in [1.29, 1.82) is 0 Å². The molecule has 4 nitrogen and oxygen atoms in total. The van der Waals surface area contributed by atoms with Crippen molar-refractivity contribution in [2.45, 2.75) is 52.7 Å². The summed E-state index contributed by atoms with van der Waals surface area (Å²) in [5.41, 5.74) is 0.163. The van der Waals surface area contributed by atoms with Crippen molar-refractivity contribution in [2.75, 3.05) is 27.2 Å². The molecule has 0 aromatic carbocycles. The highest BCUT2D eigenvalue weighted by atomic mass is 16.5. The zero-order chi connectivity index (χ0) is 14.6. The van der Waals surface area contributed by atoms with Crippen molar-refractivity contribution in [1.82, 2.24) is 10.2 Å². The number of ether oxygens (including phenoxy) is 1. The minimum absolute atomic E-state index is 0.163. The van der Waals surface area contributed by atoms with Gasteiger partial charge in [-0.05, 0) is 12.3 Å². The number of carbonyl (C=O) groups excluding carboxylic acids is 1. The molecule has 19 heavy (non-hydrogen) atoms. The van der Waals surface area contributed by atoms with Gasteiger partial charge >= 0.3 is 0 Å². The van der Waals surface area contributed by atoms with Crippen LogP contribution < -0.4 is 5.32 Å². The first-order valence-electron chi connectivity index (χ1n) is 7.30. The predicted molar refractivity (Wildman–Crippen MR) is 78.1 cm³/mol. The standard InChI is InChI=1S/C15H30N2O2/c1-11(2)10-19-13-9-12(15(13,3)4)16-8-7-14(18)17(5)6/h11-13,16H,7-10H2,1-6H3. The van der Waals surface area contributed by atoms with Crippen molar-refractivity contribution < 1.29 is 9.53 Å². The Bertz CT molecular complexity index is 301. The normalized spacial score (nSPS) is 25.2. The van der Waals surface area contributed by atoms with E-state index in [0.29, 0.717) is 24.5 Å². The van der Waals surface area contributed by atoms with Gasteiger partial charge in [0.25, 0.3) is 0 Å². The van der Waals surface area contributed by atoms with Gasteiger partial charge < -0.3 is 15.0 Å². The van der Waals surface area contributed by atoms with Gasteiger partial charge in [-0.25, -0.2) is 0 Å². The fourth-order valence-corrected chi connectivity index (χ4v) is 2.40. The van der Waals surface area contributed by atoms with Crippen molar-refractivity contribution in [2.24, 2.45) is 11.3 Å². The number of carbonyl (C=O) groups is 1. The van der Waals surface area contributed by atoms with Gasteiger partial charge in [-0.15, -0.1) is 0 Å². The summed E-state index contributed by atoms with van der Waals surface area (Å²) in [4.78, 5) is 13.1. The molecule has 1 aliphatic rings. The van der Waals surface area contributed by atoms with Crippen LogP contribution in [0.15, 0.2) is 0 Å². The van der Waals surface area contributed by atoms with E-state index in [1.807, 2.05) is 0 Å². The second kappa shape index (κ2) is 6.71. The molecule has 0 spiro atoms. The van der Waals surface area contributed by atoms with Gasteiger partial charge in [0.15, 0.2) is 0 Å². The number of nitrogens with zero attached hydrogens (tertiary/aromatic N) is 1. The summed E-state index contributed by atoms with van der Waals surface area (Å²) in [7, 11) is 3.59. The second-order valence-electron chi connectivity index (χ2n) is 6.82. The average Bonchev–Trinajstić information content (AvgIpc) is 2.30. The van der Waals surface area contributed by atoms with Crippen LogP contribution in [0.25, 0.3) is 0 Å². The van der Waals surface area contributed by atoms with Crippen LogP contribution in [0.4, 0.5) is 0 Å². The lowest BCUT2D eigenvalue weighted by atomic mass is 9.64. The highest BCUT2D eigenvalue weighted by molar-refractivity contribution is 5.75. The van der Waals surface area contributed by atoms with Crippen LogP contribution in [0.5, 0.6) is 0 Å². The molecule has 1 amide bonds. The van der Waals surface area contributed by atoms with E-state index in [1.165, 1.54) is 0 Å². The Balaban J connectivity index is 2.25. The Labute approximate surface area is 117 Å². The monoisotopic (exact) mass is 270 g/mol. The highest BCUT2D eigenvalue weighted by Crippen LogP contribution is 2.42. The van der Waals surface area contributed by atoms with E-state index < -0.39 is 0 Å². The number of nitrogens with one attached hydrogen (secondary N) is 1. The number of hydrogen-bond donors (Lipinski definition) is 1. The summed E-state index contributed by atoms with van der Waals surface area (Å²) in [5, 5.41) is 3.49. The number of rotatable bonds is 7. The molecule has 0 aliphatic heterocycles. The summed E-state index contributed by atoms with van der Waals surface area (Å²) in [5.74, 6) is 0.762. The Morgan fingerprint density at radius 3 is 2.53 bits per heavy atom. The molecule has 0 radical (unpaired) electrons. The molecule has 1 N–H and O–H groups in total. The first-order valence-corrected chi connectivity index (χ1v) is 7.30. The molecule has 0 bridgehead atoms. The minimum atomic E-state index is 0.163. The van der Waals surface area contributed by atoms with Crippen LogP contribution in [0.1, 0.15) is 40.5 Å². The molecule has 1 aliphatic carbocycles. The van der Waals surface area contributed by atoms with Gasteiger partial charge in [-0.2, -0.15) is 0 Å². The molecule has 1 rings (SSSR count). The summed E-state index contributed by atoms with van der Waals surface area (Å²) in [6.07, 6.45) is 1.96. The largest absolute Gasteiger partial charge is 0.377 e. The van der Waals surface area contributed by atoms with E-state index >= 15 is 0 Å². The molecule has 112 valence electrons. The summed E-state index contributed by atoms with van der Waals surface area (Å²) in [6.45, 7) is 10.4. The maximum absolute atomic E-state index is 11.5. The molecule has 0 saturated heterocycles. The van der Waals surface area contributed by atoms with E-state index in [2.05, 4.69) is 33.0 Å². The molecule has 1 fully saturated rings. The Hall–Kier alpha value is -0.610. The fraction of sp³-hybridized carbons (Fsp3) is 0.933. The van der Waals surface area contributed by atoms with Crippen molar-refractivity contribution in [3.63, 3.8) is 0 Å². The van der Waals surface area contributed by atoms with Crippen LogP contribution in [-0.4, -0.2) is 50.2 Å². The van der Waals surface area contributed by atoms with E-state index in [1.54, 1.807) is 19.0 Å². The topological polar surface area (TPSA) is 41.6 Å². The third-order valence-corrected chi connectivity index (χ3v) is 4.04. The summed E-state index contributed by atoms with van der Waals surface area (Å²) < 4.78 is 5.94. The first-order chi connectivity index (χ1) is 8.75. The maximum Gasteiger partial charge on any atom is 0.223 e. The lowest BCUT2D eigenvalue weighted by Crippen LogP contribution is -2.61. The van der Waals surface area contributed by atoms with Gasteiger partial charge in [0, 0.05) is 45.1 Å². The quantitative estimate of drug-likeness (QED) is 0.768. The van der Waals surface area contributed by atoms with Gasteiger partial charge in [0.05, 0.1) is 6.10 Å². The number of amides is 1. The second-order valence-corrected chi connectivity index (χ2v) is 6.82. The Morgan fingerprint density at radius 2 is 2.05 bits per heavy atom. The SMILES string of the molecule is CC(C)COC1CC(NCCC(=O)N(C)C)C1(C)C. The zero-order valence-corrected chi connectivity index (χ0v) is 13.3. The van der Waals surface area contributed by atoms with E-state index in [4.69, 9.17) is 4.74 Å². The lowest BCUT2D eigenvalue weighted by molar-refractivity contribution is -0.130. The lowest BCUT2D eigenvalue weighted by Gasteiger charge is -2.52. The third-order valence-electron chi connectivity index (χ3n) is 4.04. The van der Waals surface area contributed by atoms with Crippen LogP contribution in [0, 0.1) is 11.3 Å². The third kappa shape index (κ3) is 4.46. The zero-order valence-electron chi connectivity index (χ0n) is 13.3. The van der Waals surface area contributed by atoms with Gasteiger partial charge in [-0.1, -0.05) is 27.7 Å².